The van der Waals surface area contributed by atoms with Crippen molar-refractivity contribution >= 4 is 0 Å². The Bertz CT molecular complexity index is 363. The molecule has 19 heavy (non-hydrogen) atoms. The van der Waals surface area contributed by atoms with Crippen molar-refractivity contribution in [2.75, 3.05) is 13.7 Å². The van der Waals surface area contributed by atoms with Gasteiger partial charge in [-0.15, -0.1) is 0 Å². The highest BCUT2D eigenvalue weighted by Crippen LogP contribution is 2.32. The van der Waals surface area contributed by atoms with E-state index < -0.39 is 0 Å². The lowest BCUT2D eigenvalue weighted by Gasteiger charge is -2.16. The minimum absolute atomic E-state index is 0.329. The van der Waals surface area contributed by atoms with E-state index in [0.29, 0.717) is 13.0 Å². The summed E-state index contributed by atoms with van der Waals surface area (Å²) in [7, 11) is 1.65. The standard InChI is InChI=1S/C16H26O3/c1-4-6-7-11-19-15-10-8-9-13(16(15)18-3)12-14(17)5-2/h8-10,14,17H,4-7,11-12H2,1-3H3. The van der Waals surface area contributed by atoms with Crippen LogP contribution in [-0.4, -0.2) is 24.9 Å². The SMILES string of the molecule is CCCCCOc1cccc(CC(O)CC)c1OC. The number of benzene rings is 1. The third-order valence-corrected chi connectivity index (χ3v) is 3.20. The molecule has 1 aromatic carbocycles. The maximum absolute atomic E-state index is 9.77. The summed E-state index contributed by atoms with van der Waals surface area (Å²) in [6.07, 6.45) is 4.43. The summed E-state index contributed by atoms with van der Waals surface area (Å²) in [6, 6.07) is 5.86. The van der Waals surface area contributed by atoms with Gasteiger partial charge in [-0.3, -0.25) is 0 Å². The average molecular weight is 266 g/mol. The van der Waals surface area contributed by atoms with Crippen molar-refractivity contribution < 1.29 is 14.6 Å². The summed E-state index contributed by atoms with van der Waals surface area (Å²) >= 11 is 0. The molecule has 1 rings (SSSR count). The van der Waals surface area contributed by atoms with Crippen LogP contribution in [0, 0.1) is 0 Å². The minimum Gasteiger partial charge on any atom is -0.493 e. The van der Waals surface area contributed by atoms with Crippen LogP contribution >= 0.6 is 0 Å². The third-order valence-electron chi connectivity index (χ3n) is 3.20. The number of ether oxygens (including phenoxy) is 2. The second kappa shape index (κ2) is 8.81. The Hall–Kier alpha value is -1.22. The van der Waals surface area contributed by atoms with E-state index in [0.717, 1.165) is 29.9 Å². The normalized spacial score (nSPS) is 12.2. The first kappa shape index (κ1) is 15.8. The number of aliphatic hydroxyl groups is 1. The van der Waals surface area contributed by atoms with Gasteiger partial charge in [-0.25, -0.2) is 0 Å². The molecule has 0 aliphatic heterocycles. The predicted octanol–water partition coefficient (Wildman–Crippen LogP) is 3.58. The van der Waals surface area contributed by atoms with E-state index >= 15 is 0 Å². The van der Waals surface area contributed by atoms with E-state index in [2.05, 4.69) is 6.92 Å². The summed E-state index contributed by atoms with van der Waals surface area (Å²) in [5, 5.41) is 9.77. The van der Waals surface area contributed by atoms with Gasteiger partial charge in [-0.05, 0) is 18.9 Å². The second-order valence-electron chi connectivity index (χ2n) is 4.77. The molecule has 1 N–H and O–H groups in total. The molecule has 108 valence electrons. The fourth-order valence-electron chi connectivity index (χ4n) is 2.00. The minimum atomic E-state index is -0.329. The lowest BCUT2D eigenvalue weighted by molar-refractivity contribution is 0.169. The van der Waals surface area contributed by atoms with Gasteiger partial charge < -0.3 is 14.6 Å². The van der Waals surface area contributed by atoms with Crippen LogP contribution < -0.4 is 9.47 Å². The Morgan fingerprint density at radius 2 is 2.00 bits per heavy atom. The molecule has 1 unspecified atom stereocenters. The highest BCUT2D eigenvalue weighted by molar-refractivity contribution is 5.46. The maximum Gasteiger partial charge on any atom is 0.164 e. The molecule has 0 aliphatic rings. The van der Waals surface area contributed by atoms with Crippen molar-refractivity contribution in [1.82, 2.24) is 0 Å². The topological polar surface area (TPSA) is 38.7 Å². The summed E-state index contributed by atoms with van der Waals surface area (Å²) < 4.78 is 11.2. The lowest BCUT2D eigenvalue weighted by Crippen LogP contribution is -2.10. The molecule has 1 aromatic rings. The van der Waals surface area contributed by atoms with E-state index in [-0.39, 0.29) is 6.10 Å². The number of hydrogen-bond donors (Lipinski definition) is 1. The molecule has 0 amide bonds. The van der Waals surface area contributed by atoms with Crippen molar-refractivity contribution in [3.05, 3.63) is 23.8 Å². The van der Waals surface area contributed by atoms with Gasteiger partial charge in [0.05, 0.1) is 19.8 Å². The zero-order valence-corrected chi connectivity index (χ0v) is 12.3. The zero-order chi connectivity index (χ0) is 14.1. The quantitative estimate of drug-likeness (QED) is 0.694. The van der Waals surface area contributed by atoms with E-state index in [1.807, 2.05) is 25.1 Å². The summed E-state index contributed by atoms with van der Waals surface area (Å²) in [5.41, 5.74) is 1.00. The molecule has 3 nitrogen and oxygen atoms in total. The Morgan fingerprint density at radius 1 is 1.21 bits per heavy atom. The first-order valence-corrected chi connectivity index (χ1v) is 7.19. The van der Waals surface area contributed by atoms with Crippen molar-refractivity contribution in [2.24, 2.45) is 0 Å². The van der Waals surface area contributed by atoms with E-state index in [4.69, 9.17) is 9.47 Å². The molecule has 0 bridgehead atoms. The molecule has 0 fully saturated rings. The van der Waals surface area contributed by atoms with Crippen molar-refractivity contribution in [3.8, 4) is 11.5 Å². The van der Waals surface area contributed by atoms with Crippen LogP contribution in [0.2, 0.25) is 0 Å². The Labute approximate surface area is 116 Å². The Morgan fingerprint density at radius 3 is 2.63 bits per heavy atom. The Kier molecular flexibility index (Phi) is 7.34. The smallest absolute Gasteiger partial charge is 0.164 e. The molecule has 3 heteroatoms. The highest BCUT2D eigenvalue weighted by Gasteiger charge is 2.13. The monoisotopic (exact) mass is 266 g/mol. The fourth-order valence-corrected chi connectivity index (χ4v) is 2.00. The summed E-state index contributed by atoms with van der Waals surface area (Å²) in [4.78, 5) is 0. The van der Waals surface area contributed by atoms with Gasteiger partial charge in [-0.2, -0.15) is 0 Å². The molecule has 0 saturated heterocycles. The Balaban J connectivity index is 2.72. The largest absolute Gasteiger partial charge is 0.493 e. The van der Waals surface area contributed by atoms with Crippen LogP contribution in [-0.2, 0) is 6.42 Å². The van der Waals surface area contributed by atoms with Crippen molar-refractivity contribution in [1.29, 1.82) is 0 Å². The number of methoxy groups -OCH3 is 1. The van der Waals surface area contributed by atoms with Crippen molar-refractivity contribution in [2.45, 2.75) is 52.1 Å². The third kappa shape index (κ3) is 5.11. The number of rotatable bonds is 9. The molecule has 0 aliphatic carbocycles. The molecule has 0 aromatic heterocycles. The molecular formula is C16H26O3. The number of para-hydroxylation sites is 1. The zero-order valence-electron chi connectivity index (χ0n) is 12.3. The summed E-state index contributed by atoms with van der Waals surface area (Å²) in [6.45, 7) is 4.86. The van der Waals surface area contributed by atoms with Crippen LogP contribution in [0.25, 0.3) is 0 Å². The van der Waals surface area contributed by atoms with E-state index in [1.165, 1.54) is 12.8 Å². The fraction of sp³-hybridized carbons (Fsp3) is 0.625. The van der Waals surface area contributed by atoms with Gasteiger partial charge in [-0.1, -0.05) is 38.8 Å². The first-order valence-electron chi connectivity index (χ1n) is 7.19. The highest BCUT2D eigenvalue weighted by atomic mass is 16.5. The number of aliphatic hydroxyl groups excluding tert-OH is 1. The van der Waals surface area contributed by atoms with Gasteiger partial charge in [0.25, 0.3) is 0 Å². The number of hydrogen-bond acceptors (Lipinski definition) is 3. The summed E-state index contributed by atoms with van der Waals surface area (Å²) in [5.74, 6) is 1.53. The van der Waals surface area contributed by atoms with Crippen LogP contribution in [0.3, 0.4) is 0 Å². The van der Waals surface area contributed by atoms with Crippen molar-refractivity contribution in [3.63, 3.8) is 0 Å². The van der Waals surface area contributed by atoms with E-state index in [1.54, 1.807) is 7.11 Å². The molecule has 0 radical (unpaired) electrons. The van der Waals surface area contributed by atoms with Crippen LogP contribution in [0.15, 0.2) is 18.2 Å². The van der Waals surface area contributed by atoms with Gasteiger partial charge in [0.2, 0.25) is 0 Å². The maximum atomic E-state index is 9.77. The lowest BCUT2D eigenvalue weighted by atomic mass is 10.0. The van der Waals surface area contributed by atoms with E-state index in [9.17, 15) is 5.11 Å². The van der Waals surface area contributed by atoms with Gasteiger partial charge >= 0.3 is 0 Å². The molecule has 0 heterocycles. The predicted molar refractivity (Wildman–Crippen MR) is 78.0 cm³/mol. The number of unbranched alkanes of at least 4 members (excludes halogenated alkanes) is 2. The first-order chi connectivity index (χ1) is 9.22. The van der Waals surface area contributed by atoms with Gasteiger partial charge in [0.1, 0.15) is 0 Å². The molecular weight excluding hydrogens is 240 g/mol. The molecule has 1 atom stereocenters. The second-order valence-corrected chi connectivity index (χ2v) is 4.77. The molecule has 0 saturated carbocycles. The van der Waals surface area contributed by atoms with Crippen LogP contribution in [0.5, 0.6) is 11.5 Å². The molecule has 0 spiro atoms. The average Bonchev–Trinajstić information content (AvgIpc) is 2.43. The van der Waals surface area contributed by atoms with Gasteiger partial charge in [0, 0.05) is 12.0 Å². The van der Waals surface area contributed by atoms with Crippen LogP contribution in [0.1, 0.15) is 45.1 Å². The van der Waals surface area contributed by atoms with Crippen LogP contribution in [0.4, 0.5) is 0 Å². The van der Waals surface area contributed by atoms with Gasteiger partial charge in [0.15, 0.2) is 11.5 Å².